The summed E-state index contributed by atoms with van der Waals surface area (Å²) in [7, 11) is 0. The first-order valence-electron chi connectivity index (χ1n) is 5.11. The Labute approximate surface area is 105 Å². The van der Waals surface area contributed by atoms with E-state index in [1.54, 1.807) is 0 Å². The zero-order chi connectivity index (χ0) is 14.2. The van der Waals surface area contributed by atoms with Crippen molar-refractivity contribution < 1.29 is 28.2 Å². The molecule has 2 aromatic carbocycles. The maximum atomic E-state index is 13.0. The number of ketones is 1. The van der Waals surface area contributed by atoms with Crippen molar-refractivity contribution in [2.24, 2.45) is 0 Å². The topological polar surface area (TPSA) is 57.5 Å². The smallest absolute Gasteiger partial charge is 0.196 e. The van der Waals surface area contributed by atoms with Crippen LogP contribution in [0.1, 0.15) is 15.9 Å². The SMILES string of the molecule is O=C(c1cc(F)c(F)c(F)c1)c1ccc(O)cc1O. The Bertz CT molecular complexity index is 645. The number of halogens is 3. The Balaban J connectivity index is 2.50. The van der Waals surface area contributed by atoms with Crippen LogP contribution < -0.4 is 0 Å². The number of rotatable bonds is 2. The fraction of sp³-hybridized carbons (Fsp3) is 0. The standard InChI is InChI=1S/C13H7F3O3/c14-9-3-6(4-10(15)12(9)16)13(19)8-2-1-7(17)5-11(8)18/h1-5,17-18H. The summed E-state index contributed by atoms with van der Waals surface area (Å²) in [4.78, 5) is 11.9. The molecule has 0 bridgehead atoms. The van der Waals surface area contributed by atoms with E-state index < -0.39 is 34.5 Å². The molecule has 0 aromatic heterocycles. The fourth-order valence-electron chi connectivity index (χ4n) is 1.55. The van der Waals surface area contributed by atoms with Crippen LogP contribution in [-0.4, -0.2) is 16.0 Å². The molecular weight excluding hydrogens is 261 g/mol. The van der Waals surface area contributed by atoms with Crippen molar-refractivity contribution in [3.63, 3.8) is 0 Å². The van der Waals surface area contributed by atoms with Crippen molar-refractivity contribution in [1.82, 2.24) is 0 Å². The second-order valence-corrected chi connectivity index (χ2v) is 3.78. The monoisotopic (exact) mass is 268 g/mol. The number of phenolic OH excluding ortho intramolecular Hbond substituents is 2. The molecule has 19 heavy (non-hydrogen) atoms. The molecule has 2 aromatic rings. The van der Waals surface area contributed by atoms with Gasteiger partial charge in [-0.25, -0.2) is 13.2 Å². The van der Waals surface area contributed by atoms with Crippen molar-refractivity contribution in [3.8, 4) is 11.5 Å². The summed E-state index contributed by atoms with van der Waals surface area (Å²) in [5, 5.41) is 18.5. The lowest BCUT2D eigenvalue weighted by atomic mass is 10.0. The molecular formula is C13H7F3O3. The third-order valence-corrected chi connectivity index (χ3v) is 2.47. The van der Waals surface area contributed by atoms with Crippen molar-refractivity contribution >= 4 is 5.78 Å². The van der Waals surface area contributed by atoms with Gasteiger partial charge >= 0.3 is 0 Å². The lowest BCUT2D eigenvalue weighted by molar-refractivity contribution is 0.103. The first-order valence-corrected chi connectivity index (χ1v) is 5.11. The molecule has 0 heterocycles. The van der Waals surface area contributed by atoms with Gasteiger partial charge in [-0.05, 0) is 24.3 Å². The average molecular weight is 268 g/mol. The largest absolute Gasteiger partial charge is 0.508 e. The van der Waals surface area contributed by atoms with Crippen LogP contribution in [0, 0.1) is 17.5 Å². The van der Waals surface area contributed by atoms with Gasteiger partial charge in [-0.15, -0.1) is 0 Å². The highest BCUT2D eigenvalue weighted by Gasteiger charge is 2.18. The lowest BCUT2D eigenvalue weighted by Crippen LogP contribution is -2.04. The molecule has 2 rings (SSSR count). The highest BCUT2D eigenvalue weighted by atomic mass is 19.2. The van der Waals surface area contributed by atoms with Crippen LogP contribution in [0.3, 0.4) is 0 Å². The quantitative estimate of drug-likeness (QED) is 0.650. The Morgan fingerprint density at radius 3 is 2.05 bits per heavy atom. The van der Waals surface area contributed by atoms with Crippen LogP contribution >= 0.6 is 0 Å². The van der Waals surface area contributed by atoms with E-state index in [0.717, 1.165) is 18.2 Å². The van der Waals surface area contributed by atoms with Gasteiger partial charge < -0.3 is 10.2 Å². The Morgan fingerprint density at radius 2 is 1.53 bits per heavy atom. The second-order valence-electron chi connectivity index (χ2n) is 3.78. The molecule has 0 radical (unpaired) electrons. The van der Waals surface area contributed by atoms with E-state index in [4.69, 9.17) is 5.11 Å². The summed E-state index contributed by atoms with van der Waals surface area (Å²) in [6, 6.07) is 4.19. The first kappa shape index (κ1) is 12.9. The van der Waals surface area contributed by atoms with E-state index in [1.165, 1.54) is 0 Å². The van der Waals surface area contributed by atoms with E-state index in [2.05, 4.69) is 0 Å². The molecule has 0 fully saturated rings. The number of benzene rings is 2. The molecule has 98 valence electrons. The van der Waals surface area contributed by atoms with Crippen molar-refractivity contribution in [2.45, 2.75) is 0 Å². The molecule has 0 unspecified atom stereocenters. The number of hydrogen-bond donors (Lipinski definition) is 2. The molecule has 0 amide bonds. The maximum absolute atomic E-state index is 13.0. The Morgan fingerprint density at radius 1 is 0.947 bits per heavy atom. The first-order chi connectivity index (χ1) is 8.90. The van der Waals surface area contributed by atoms with E-state index in [1.807, 2.05) is 0 Å². The number of hydrogen-bond acceptors (Lipinski definition) is 3. The van der Waals surface area contributed by atoms with Crippen LogP contribution in [0.2, 0.25) is 0 Å². The summed E-state index contributed by atoms with van der Waals surface area (Å²) in [5.74, 6) is -6.38. The van der Waals surface area contributed by atoms with Gasteiger partial charge in [-0.2, -0.15) is 0 Å². The van der Waals surface area contributed by atoms with Crippen molar-refractivity contribution in [1.29, 1.82) is 0 Å². The van der Waals surface area contributed by atoms with Crippen molar-refractivity contribution in [2.75, 3.05) is 0 Å². The predicted molar refractivity (Wildman–Crippen MR) is 59.5 cm³/mol. The molecule has 0 spiro atoms. The van der Waals surface area contributed by atoms with Crippen molar-refractivity contribution in [3.05, 3.63) is 58.9 Å². The molecule has 0 aliphatic carbocycles. The Kier molecular flexibility index (Phi) is 3.16. The Hall–Kier alpha value is -2.50. The molecule has 0 saturated carbocycles. The van der Waals surface area contributed by atoms with Gasteiger partial charge in [-0.3, -0.25) is 4.79 Å². The summed E-state index contributed by atoms with van der Waals surface area (Å²) >= 11 is 0. The van der Waals surface area contributed by atoms with E-state index in [9.17, 15) is 23.1 Å². The van der Waals surface area contributed by atoms with Gasteiger partial charge in [0.2, 0.25) is 0 Å². The fourth-order valence-corrected chi connectivity index (χ4v) is 1.55. The number of aromatic hydroxyl groups is 2. The van der Waals surface area contributed by atoms with Gasteiger partial charge in [0.25, 0.3) is 0 Å². The number of carbonyl (C=O) groups is 1. The minimum absolute atomic E-state index is 0.261. The second kappa shape index (κ2) is 4.64. The van der Waals surface area contributed by atoms with E-state index in [-0.39, 0.29) is 11.3 Å². The van der Waals surface area contributed by atoms with Crippen LogP contribution in [0.5, 0.6) is 11.5 Å². The molecule has 0 saturated heterocycles. The summed E-state index contributed by atoms with van der Waals surface area (Å²) in [6.07, 6.45) is 0. The predicted octanol–water partition coefficient (Wildman–Crippen LogP) is 2.75. The summed E-state index contributed by atoms with van der Waals surface area (Å²) < 4.78 is 38.8. The minimum Gasteiger partial charge on any atom is -0.508 e. The van der Waals surface area contributed by atoms with Crippen LogP contribution in [0.4, 0.5) is 13.2 Å². The van der Waals surface area contributed by atoms with Gasteiger partial charge in [-0.1, -0.05) is 0 Å². The van der Waals surface area contributed by atoms with Gasteiger partial charge in [0.15, 0.2) is 23.2 Å². The molecule has 3 nitrogen and oxygen atoms in total. The molecule has 0 aliphatic rings. The molecule has 0 atom stereocenters. The maximum Gasteiger partial charge on any atom is 0.196 e. The zero-order valence-electron chi connectivity index (χ0n) is 9.32. The average Bonchev–Trinajstić information content (AvgIpc) is 2.34. The lowest BCUT2D eigenvalue weighted by Gasteiger charge is -2.05. The van der Waals surface area contributed by atoms with Crippen LogP contribution in [0.15, 0.2) is 30.3 Å². The summed E-state index contributed by atoms with van der Waals surface area (Å²) in [6.45, 7) is 0. The van der Waals surface area contributed by atoms with Crippen LogP contribution in [-0.2, 0) is 0 Å². The third kappa shape index (κ3) is 2.37. The molecule has 2 N–H and O–H groups in total. The highest BCUT2D eigenvalue weighted by molar-refractivity contribution is 6.10. The normalized spacial score (nSPS) is 10.5. The minimum atomic E-state index is -1.67. The zero-order valence-corrected chi connectivity index (χ0v) is 9.32. The van der Waals surface area contributed by atoms with E-state index in [0.29, 0.717) is 12.1 Å². The molecule has 0 aliphatic heterocycles. The van der Waals surface area contributed by atoms with Crippen LogP contribution in [0.25, 0.3) is 0 Å². The number of carbonyl (C=O) groups excluding carboxylic acids is 1. The number of phenols is 2. The van der Waals surface area contributed by atoms with Gasteiger partial charge in [0, 0.05) is 11.6 Å². The van der Waals surface area contributed by atoms with Gasteiger partial charge in [0.1, 0.15) is 11.5 Å². The summed E-state index contributed by atoms with van der Waals surface area (Å²) in [5.41, 5.74) is -0.708. The highest BCUT2D eigenvalue weighted by Crippen LogP contribution is 2.26. The molecule has 6 heteroatoms. The third-order valence-electron chi connectivity index (χ3n) is 2.47. The van der Waals surface area contributed by atoms with Gasteiger partial charge in [0.05, 0.1) is 5.56 Å². The van der Waals surface area contributed by atoms with E-state index >= 15 is 0 Å².